The molecule has 0 spiro atoms. The molecule has 0 bridgehead atoms. The number of aliphatic hydroxyl groups is 1. The van der Waals surface area contributed by atoms with E-state index in [1.54, 1.807) is 17.6 Å². The predicted octanol–water partition coefficient (Wildman–Crippen LogP) is 3.50. The maximum absolute atomic E-state index is 10.1. The molecule has 0 aliphatic rings. The van der Waals surface area contributed by atoms with Gasteiger partial charge in [-0.05, 0) is 41.6 Å². The summed E-state index contributed by atoms with van der Waals surface area (Å²) in [7, 11) is 2.02. The molecule has 23 heavy (non-hydrogen) atoms. The largest absolute Gasteiger partial charge is 0.467 e. The summed E-state index contributed by atoms with van der Waals surface area (Å²) in [5.74, 6) is 0.773. The van der Waals surface area contributed by atoms with Gasteiger partial charge in [-0.2, -0.15) is 0 Å². The van der Waals surface area contributed by atoms with Crippen LogP contribution in [0.4, 0.5) is 0 Å². The van der Waals surface area contributed by atoms with Crippen molar-refractivity contribution in [3.63, 3.8) is 0 Å². The number of hydrogen-bond acceptors (Lipinski definition) is 5. The zero-order chi connectivity index (χ0) is 16.1. The highest BCUT2D eigenvalue weighted by Gasteiger charge is 2.11. The van der Waals surface area contributed by atoms with Crippen molar-refractivity contribution in [1.82, 2.24) is 4.90 Å². The van der Waals surface area contributed by atoms with Crippen LogP contribution in [0.5, 0.6) is 0 Å². The van der Waals surface area contributed by atoms with E-state index < -0.39 is 6.10 Å². The lowest BCUT2D eigenvalue weighted by atomic mass is 10.1. The molecule has 0 unspecified atom stereocenters. The molecule has 1 aromatic carbocycles. The summed E-state index contributed by atoms with van der Waals surface area (Å²) in [5.41, 5.74) is 1.30. The minimum atomic E-state index is -0.514. The summed E-state index contributed by atoms with van der Waals surface area (Å²) in [5, 5.41) is 13.6. The molecule has 0 amide bonds. The topological polar surface area (TPSA) is 45.8 Å². The van der Waals surface area contributed by atoms with Crippen LogP contribution in [0, 0.1) is 0 Å². The number of thiophene rings is 1. The van der Waals surface area contributed by atoms with E-state index in [-0.39, 0.29) is 0 Å². The molecule has 3 rings (SSSR count). The third-order valence-corrected chi connectivity index (χ3v) is 4.67. The molecule has 0 fully saturated rings. The van der Waals surface area contributed by atoms with Crippen LogP contribution in [0.1, 0.15) is 11.3 Å². The molecule has 0 saturated carbocycles. The Morgan fingerprint density at radius 3 is 2.96 bits per heavy atom. The molecule has 122 valence electrons. The van der Waals surface area contributed by atoms with Gasteiger partial charge in [-0.15, -0.1) is 11.3 Å². The number of fused-ring (bicyclic) bond motifs is 1. The molecule has 1 N–H and O–H groups in total. The first kappa shape index (κ1) is 16.2. The zero-order valence-electron chi connectivity index (χ0n) is 13.1. The fourth-order valence-corrected chi connectivity index (χ4v) is 3.57. The van der Waals surface area contributed by atoms with Gasteiger partial charge in [-0.3, -0.25) is 4.90 Å². The van der Waals surface area contributed by atoms with Crippen molar-refractivity contribution in [2.45, 2.75) is 19.3 Å². The molecule has 0 aliphatic carbocycles. The SMILES string of the molecule is CN(Cc1csc2ccccc12)C[C@@H](O)COCc1ccco1. The first-order valence-corrected chi connectivity index (χ1v) is 8.52. The van der Waals surface area contributed by atoms with Crippen molar-refractivity contribution in [2.75, 3.05) is 20.2 Å². The monoisotopic (exact) mass is 331 g/mol. The van der Waals surface area contributed by atoms with Crippen LogP contribution < -0.4 is 0 Å². The van der Waals surface area contributed by atoms with Gasteiger partial charge in [0.05, 0.1) is 19.0 Å². The van der Waals surface area contributed by atoms with E-state index in [0.717, 1.165) is 12.3 Å². The molecular weight excluding hydrogens is 310 g/mol. The first-order valence-electron chi connectivity index (χ1n) is 7.64. The smallest absolute Gasteiger partial charge is 0.129 e. The number of benzene rings is 1. The Kier molecular flexibility index (Phi) is 5.46. The van der Waals surface area contributed by atoms with Crippen molar-refractivity contribution in [1.29, 1.82) is 0 Å². The second kappa shape index (κ2) is 7.75. The number of aliphatic hydroxyl groups excluding tert-OH is 1. The van der Waals surface area contributed by atoms with E-state index in [1.807, 2.05) is 19.2 Å². The van der Waals surface area contributed by atoms with Gasteiger partial charge < -0.3 is 14.3 Å². The Morgan fingerprint density at radius 1 is 1.26 bits per heavy atom. The third kappa shape index (κ3) is 4.42. The molecule has 2 aromatic heterocycles. The first-order chi connectivity index (χ1) is 11.2. The molecule has 1 atom stereocenters. The molecule has 0 aliphatic heterocycles. The summed E-state index contributed by atoms with van der Waals surface area (Å²) < 4.78 is 12.0. The quantitative estimate of drug-likeness (QED) is 0.686. The Hall–Kier alpha value is -1.66. The lowest BCUT2D eigenvalue weighted by molar-refractivity contribution is 0.00774. The van der Waals surface area contributed by atoms with Crippen molar-refractivity contribution in [3.8, 4) is 0 Å². The molecule has 2 heterocycles. The average Bonchev–Trinajstić information content (AvgIpc) is 3.18. The summed E-state index contributed by atoms with van der Waals surface area (Å²) >= 11 is 1.76. The minimum absolute atomic E-state index is 0.301. The van der Waals surface area contributed by atoms with E-state index in [1.165, 1.54) is 15.6 Å². The highest BCUT2D eigenvalue weighted by Crippen LogP contribution is 2.26. The van der Waals surface area contributed by atoms with E-state index in [0.29, 0.717) is 19.8 Å². The summed E-state index contributed by atoms with van der Waals surface area (Å²) in [6.07, 6.45) is 1.11. The van der Waals surface area contributed by atoms with Gasteiger partial charge >= 0.3 is 0 Å². The van der Waals surface area contributed by atoms with Crippen LogP contribution in [-0.4, -0.2) is 36.3 Å². The lowest BCUT2D eigenvalue weighted by Crippen LogP contribution is -2.31. The normalized spacial score (nSPS) is 13.0. The van der Waals surface area contributed by atoms with Gasteiger partial charge in [0.1, 0.15) is 12.4 Å². The number of nitrogens with zero attached hydrogens (tertiary/aromatic N) is 1. The van der Waals surface area contributed by atoms with Crippen LogP contribution >= 0.6 is 11.3 Å². The average molecular weight is 331 g/mol. The van der Waals surface area contributed by atoms with E-state index >= 15 is 0 Å². The molecular formula is C18H21NO3S. The van der Waals surface area contributed by atoms with Crippen molar-refractivity contribution >= 4 is 21.4 Å². The van der Waals surface area contributed by atoms with Crippen molar-refractivity contribution in [2.24, 2.45) is 0 Å². The van der Waals surface area contributed by atoms with Gasteiger partial charge in [0.25, 0.3) is 0 Å². The standard InChI is InChI=1S/C18H21NO3S/c1-19(9-14-13-23-18-7-3-2-6-17(14)18)10-15(20)11-21-12-16-5-4-8-22-16/h2-8,13,15,20H,9-12H2,1H3/t15-/m1/s1. The lowest BCUT2D eigenvalue weighted by Gasteiger charge is -2.20. The number of furan rings is 1. The predicted molar refractivity (Wildman–Crippen MR) is 92.5 cm³/mol. The highest BCUT2D eigenvalue weighted by molar-refractivity contribution is 7.17. The van der Waals surface area contributed by atoms with Gasteiger partial charge in [0.15, 0.2) is 0 Å². The maximum atomic E-state index is 10.1. The van der Waals surface area contributed by atoms with Gasteiger partial charge in [0.2, 0.25) is 0 Å². The number of hydrogen-bond donors (Lipinski definition) is 1. The third-order valence-electron chi connectivity index (χ3n) is 3.66. The number of ether oxygens (including phenoxy) is 1. The summed E-state index contributed by atoms with van der Waals surface area (Å²) in [6, 6.07) is 12.1. The Balaban J connectivity index is 1.45. The summed E-state index contributed by atoms with van der Waals surface area (Å²) in [6.45, 7) is 2.08. The van der Waals surface area contributed by atoms with Crippen LogP contribution in [0.3, 0.4) is 0 Å². The fourth-order valence-electron chi connectivity index (χ4n) is 2.61. The zero-order valence-corrected chi connectivity index (χ0v) is 14.0. The number of likely N-dealkylation sites (N-methyl/N-ethyl adjacent to an activating group) is 1. The molecule has 3 aromatic rings. The second-order valence-electron chi connectivity index (χ2n) is 5.70. The molecule has 4 nitrogen and oxygen atoms in total. The molecule has 5 heteroatoms. The Bertz CT molecular complexity index is 723. The van der Waals surface area contributed by atoms with Crippen LogP contribution in [0.15, 0.2) is 52.5 Å². The van der Waals surface area contributed by atoms with Gasteiger partial charge in [-0.25, -0.2) is 0 Å². The number of rotatable bonds is 8. The minimum Gasteiger partial charge on any atom is -0.467 e. The highest BCUT2D eigenvalue weighted by atomic mass is 32.1. The van der Waals surface area contributed by atoms with E-state index in [4.69, 9.17) is 9.15 Å². The van der Waals surface area contributed by atoms with Crippen molar-refractivity contribution < 1.29 is 14.3 Å². The molecule has 0 radical (unpaired) electrons. The van der Waals surface area contributed by atoms with Crippen LogP contribution in [0.2, 0.25) is 0 Å². The van der Waals surface area contributed by atoms with E-state index in [9.17, 15) is 5.11 Å². The van der Waals surface area contributed by atoms with Gasteiger partial charge in [0, 0.05) is 17.8 Å². The van der Waals surface area contributed by atoms with E-state index in [2.05, 4.69) is 34.5 Å². The molecule has 0 saturated heterocycles. The van der Waals surface area contributed by atoms with Crippen LogP contribution in [-0.2, 0) is 17.9 Å². The van der Waals surface area contributed by atoms with Gasteiger partial charge in [-0.1, -0.05) is 18.2 Å². The Labute approximate surface area is 139 Å². The van der Waals surface area contributed by atoms with Crippen molar-refractivity contribution in [3.05, 3.63) is 59.4 Å². The Morgan fingerprint density at radius 2 is 2.13 bits per heavy atom. The van der Waals surface area contributed by atoms with Crippen LogP contribution in [0.25, 0.3) is 10.1 Å². The fraction of sp³-hybridized carbons (Fsp3) is 0.333. The summed E-state index contributed by atoms with van der Waals surface area (Å²) in [4.78, 5) is 2.12. The second-order valence-corrected chi connectivity index (χ2v) is 6.61. The maximum Gasteiger partial charge on any atom is 0.129 e.